The molecule has 2 rings (SSSR count). The first-order valence-corrected chi connectivity index (χ1v) is 6.69. The van der Waals surface area contributed by atoms with Gasteiger partial charge in [-0.15, -0.1) is 0 Å². The number of nitrogens with one attached hydrogen (secondary N) is 1. The van der Waals surface area contributed by atoms with E-state index in [-0.39, 0.29) is 5.82 Å². The average Bonchev–Trinajstić information content (AvgIpc) is 2.36. The molecule has 0 bridgehead atoms. The Morgan fingerprint density at radius 3 is 2.89 bits per heavy atom. The summed E-state index contributed by atoms with van der Waals surface area (Å²) in [5.41, 5.74) is 2.26. The molecule has 2 unspecified atom stereocenters. The Bertz CT molecular complexity index is 528. The van der Waals surface area contributed by atoms with Gasteiger partial charge in [0.1, 0.15) is 5.82 Å². The lowest BCUT2D eigenvalue weighted by Crippen LogP contribution is -2.20. The van der Waals surface area contributed by atoms with Crippen molar-refractivity contribution in [1.29, 1.82) is 5.26 Å². The molecule has 1 aromatic rings. The summed E-state index contributed by atoms with van der Waals surface area (Å²) in [6.07, 6.45) is 4.54. The summed E-state index contributed by atoms with van der Waals surface area (Å²) < 4.78 is 13.7. The third-order valence-corrected chi connectivity index (χ3v) is 3.56. The van der Waals surface area contributed by atoms with Crippen molar-refractivity contribution in [3.8, 4) is 6.07 Å². The van der Waals surface area contributed by atoms with Crippen LogP contribution in [-0.4, -0.2) is 6.54 Å². The molecule has 19 heavy (non-hydrogen) atoms. The number of hydrogen-bond donors (Lipinski definition) is 1. The van der Waals surface area contributed by atoms with E-state index in [4.69, 9.17) is 5.26 Å². The molecule has 1 aliphatic carbocycles. The summed E-state index contributed by atoms with van der Waals surface area (Å²) in [4.78, 5) is 0. The smallest absolute Gasteiger partial charge is 0.147 e. The summed E-state index contributed by atoms with van der Waals surface area (Å²) in [5.74, 6) is 0.802. The van der Waals surface area contributed by atoms with Crippen LogP contribution in [0.5, 0.6) is 0 Å². The van der Waals surface area contributed by atoms with Gasteiger partial charge in [-0.1, -0.05) is 18.6 Å². The molecule has 2 atom stereocenters. The lowest BCUT2D eigenvalue weighted by Gasteiger charge is -2.26. The minimum Gasteiger partial charge on any atom is -0.382 e. The summed E-state index contributed by atoms with van der Waals surface area (Å²) >= 11 is 0. The van der Waals surface area contributed by atoms with Crippen LogP contribution in [0.2, 0.25) is 0 Å². The van der Waals surface area contributed by atoms with Gasteiger partial charge in [-0.05, 0) is 49.8 Å². The fourth-order valence-electron chi connectivity index (χ4n) is 2.82. The molecule has 0 spiro atoms. The lowest BCUT2D eigenvalue weighted by atomic mass is 9.84. The van der Waals surface area contributed by atoms with E-state index in [1.165, 1.54) is 11.6 Å². The molecular formula is C16H19FN2. The normalized spacial score (nSPS) is 22.5. The van der Waals surface area contributed by atoms with Crippen LogP contribution in [0.3, 0.4) is 0 Å². The largest absolute Gasteiger partial charge is 0.382 e. The first-order valence-electron chi connectivity index (χ1n) is 6.69. The highest BCUT2D eigenvalue weighted by Crippen LogP contribution is 2.28. The van der Waals surface area contributed by atoms with E-state index >= 15 is 0 Å². The van der Waals surface area contributed by atoms with Gasteiger partial charge in [-0.3, -0.25) is 0 Å². The van der Waals surface area contributed by atoms with Crippen molar-refractivity contribution in [3.05, 3.63) is 41.2 Å². The number of rotatable bonds is 3. The predicted molar refractivity (Wildman–Crippen MR) is 75.2 cm³/mol. The molecule has 100 valence electrons. The maximum atomic E-state index is 13.7. The first kappa shape index (κ1) is 13.6. The highest BCUT2D eigenvalue weighted by Gasteiger charge is 2.18. The van der Waals surface area contributed by atoms with Crippen molar-refractivity contribution in [2.45, 2.75) is 26.7 Å². The van der Waals surface area contributed by atoms with Gasteiger partial charge in [0, 0.05) is 6.54 Å². The molecule has 0 saturated carbocycles. The Balaban J connectivity index is 1.96. The Morgan fingerprint density at radius 2 is 2.26 bits per heavy atom. The SMILES string of the molecule is CC1=CC(C)CC(CNc2ccc(C#N)cc2F)C1. The number of nitrogens with zero attached hydrogens (tertiary/aromatic N) is 1. The molecule has 0 amide bonds. The van der Waals surface area contributed by atoms with E-state index < -0.39 is 0 Å². The maximum absolute atomic E-state index is 13.7. The third-order valence-electron chi connectivity index (χ3n) is 3.56. The van der Waals surface area contributed by atoms with Crippen LogP contribution in [0.4, 0.5) is 10.1 Å². The van der Waals surface area contributed by atoms with E-state index in [1.54, 1.807) is 12.1 Å². The van der Waals surface area contributed by atoms with Crippen molar-refractivity contribution in [2.75, 3.05) is 11.9 Å². The van der Waals surface area contributed by atoms with Gasteiger partial charge in [-0.25, -0.2) is 4.39 Å². The highest BCUT2D eigenvalue weighted by molar-refractivity contribution is 5.48. The molecule has 1 N–H and O–H groups in total. The monoisotopic (exact) mass is 258 g/mol. The highest BCUT2D eigenvalue weighted by atomic mass is 19.1. The Hall–Kier alpha value is -1.82. The van der Waals surface area contributed by atoms with Crippen LogP contribution in [-0.2, 0) is 0 Å². The van der Waals surface area contributed by atoms with E-state index in [2.05, 4.69) is 25.2 Å². The van der Waals surface area contributed by atoms with Crippen molar-refractivity contribution in [1.82, 2.24) is 0 Å². The summed E-state index contributed by atoms with van der Waals surface area (Å²) in [5, 5.41) is 11.9. The fourth-order valence-corrected chi connectivity index (χ4v) is 2.82. The maximum Gasteiger partial charge on any atom is 0.147 e. The van der Waals surface area contributed by atoms with Gasteiger partial charge in [0.15, 0.2) is 0 Å². The molecule has 0 radical (unpaired) electrons. The first-order chi connectivity index (χ1) is 9.08. The van der Waals surface area contributed by atoms with E-state index in [0.29, 0.717) is 23.1 Å². The molecule has 0 aromatic heterocycles. The topological polar surface area (TPSA) is 35.8 Å². The van der Waals surface area contributed by atoms with Gasteiger partial charge in [0.2, 0.25) is 0 Å². The quantitative estimate of drug-likeness (QED) is 0.828. The third kappa shape index (κ3) is 3.57. The molecule has 0 aliphatic heterocycles. The lowest BCUT2D eigenvalue weighted by molar-refractivity contribution is 0.420. The number of benzene rings is 1. The minimum atomic E-state index is -0.352. The van der Waals surface area contributed by atoms with E-state index in [0.717, 1.165) is 19.4 Å². The van der Waals surface area contributed by atoms with Crippen LogP contribution < -0.4 is 5.32 Å². The van der Waals surface area contributed by atoms with Gasteiger partial charge in [-0.2, -0.15) is 5.26 Å². The van der Waals surface area contributed by atoms with Gasteiger partial charge in [0.25, 0.3) is 0 Å². The van der Waals surface area contributed by atoms with Crippen molar-refractivity contribution >= 4 is 5.69 Å². The van der Waals surface area contributed by atoms with E-state index in [9.17, 15) is 4.39 Å². The van der Waals surface area contributed by atoms with Gasteiger partial charge in [0.05, 0.1) is 17.3 Å². The minimum absolute atomic E-state index is 0.352. The Morgan fingerprint density at radius 1 is 1.47 bits per heavy atom. The fraction of sp³-hybridized carbons (Fsp3) is 0.438. The Kier molecular flexibility index (Phi) is 4.21. The number of hydrogen-bond acceptors (Lipinski definition) is 2. The molecule has 3 heteroatoms. The second kappa shape index (κ2) is 5.88. The van der Waals surface area contributed by atoms with Gasteiger partial charge >= 0.3 is 0 Å². The summed E-state index contributed by atoms with van der Waals surface area (Å²) in [6.45, 7) is 5.15. The zero-order chi connectivity index (χ0) is 13.8. The average molecular weight is 258 g/mol. The van der Waals surface area contributed by atoms with E-state index in [1.807, 2.05) is 6.07 Å². The van der Waals surface area contributed by atoms with Crippen LogP contribution >= 0.6 is 0 Å². The van der Waals surface area contributed by atoms with Crippen molar-refractivity contribution in [3.63, 3.8) is 0 Å². The van der Waals surface area contributed by atoms with Crippen LogP contribution in [0.1, 0.15) is 32.3 Å². The van der Waals surface area contributed by atoms with Crippen molar-refractivity contribution < 1.29 is 4.39 Å². The van der Waals surface area contributed by atoms with Crippen LogP contribution in [0.15, 0.2) is 29.8 Å². The summed E-state index contributed by atoms with van der Waals surface area (Å²) in [7, 11) is 0. The zero-order valence-electron chi connectivity index (χ0n) is 11.4. The number of nitriles is 1. The summed E-state index contributed by atoms with van der Waals surface area (Å²) in [6, 6.07) is 6.49. The molecular weight excluding hydrogens is 239 g/mol. The van der Waals surface area contributed by atoms with Crippen molar-refractivity contribution in [2.24, 2.45) is 11.8 Å². The molecule has 0 fully saturated rings. The van der Waals surface area contributed by atoms with Crippen LogP contribution in [0, 0.1) is 29.0 Å². The zero-order valence-corrected chi connectivity index (χ0v) is 11.4. The molecule has 0 heterocycles. The molecule has 0 saturated heterocycles. The number of anilines is 1. The van der Waals surface area contributed by atoms with Gasteiger partial charge < -0.3 is 5.32 Å². The predicted octanol–water partition coefficient (Wildman–Crippen LogP) is 4.10. The van der Waals surface area contributed by atoms with Crippen LogP contribution in [0.25, 0.3) is 0 Å². The standard InChI is InChI=1S/C16H19FN2/c1-11-5-12(2)7-14(6-11)10-19-16-4-3-13(9-18)8-15(16)17/h3-5,8,11,14,19H,6-7,10H2,1-2H3. The molecule has 1 aliphatic rings. The number of allylic oxidation sites excluding steroid dienone is 2. The number of halogens is 1. The molecule has 2 nitrogen and oxygen atoms in total. The second-order valence-electron chi connectivity index (χ2n) is 5.48. The Labute approximate surface area is 113 Å². The molecule has 1 aromatic carbocycles. The second-order valence-corrected chi connectivity index (χ2v) is 5.48.